The molecule has 1 heterocycles. The Morgan fingerprint density at radius 3 is 2.82 bits per heavy atom. The molecule has 0 saturated carbocycles. The van der Waals surface area contributed by atoms with Crippen molar-refractivity contribution in [1.29, 1.82) is 5.26 Å². The van der Waals surface area contributed by atoms with E-state index in [2.05, 4.69) is 11.0 Å². The van der Waals surface area contributed by atoms with Gasteiger partial charge in [0.2, 0.25) is 0 Å². The lowest BCUT2D eigenvalue weighted by molar-refractivity contribution is 0.152. The summed E-state index contributed by atoms with van der Waals surface area (Å²) in [7, 11) is 1.77. The molecule has 0 amide bonds. The first-order chi connectivity index (χ1) is 8.31. The predicted octanol–water partition coefficient (Wildman–Crippen LogP) is 2.03. The maximum Gasteiger partial charge on any atom is 0.0991 e. The van der Waals surface area contributed by atoms with Gasteiger partial charge in [0.1, 0.15) is 0 Å². The van der Waals surface area contributed by atoms with Gasteiger partial charge in [-0.25, -0.2) is 0 Å². The summed E-state index contributed by atoms with van der Waals surface area (Å²) in [5, 5.41) is 8.73. The molecule has 1 unspecified atom stereocenters. The second-order valence-corrected chi connectivity index (χ2v) is 4.65. The van der Waals surface area contributed by atoms with Crippen molar-refractivity contribution >= 4 is 0 Å². The van der Waals surface area contributed by atoms with Gasteiger partial charge in [-0.1, -0.05) is 12.1 Å². The van der Waals surface area contributed by atoms with Gasteiger partial charge in [0.05, 0.1) is 18.2 Å². The van der Waals surface area contributed by atoms with Gasteiger partial charge < -0.3 is 4.74 Å². The van der Waals surface area contributed by atoms with Crippen LogP contribution in [-0.4, -0.2) is 31.7 Å². The molecule has 1 aliphatic heterocycles. The Bertz CT molecular complexity index is 394. The molecule has 1 fully saturated rings. The van der Waals surface area contributed by atoms with Crippen molar-refractivity contribution in [3.8, 4) is 6.07 Å². The number of benzene rings is 1. The fourth-order valence-electron chi connectivity index (χ4n) is 2.37. The molecule has 0 bridgehead atoms. The zero-order valence-electron chi connectivity index (χ0n) is 10.2. The Hall–Kier alpha value is -1.37. The summed E-state index contributed by atoms with van der Waals surface area (Å²) in [6, 6.07) is 10.0. The number of methoxy groups -OCH3 is 1. The minimum Gasteiger partial charge on any atom is -0.384 e. The van der Waals surface area contributed by atoms with Crippen LogP contribution < -0.4 is 0 Å². The number of nitriles is 1. The Morgan fingerprint density at radius 1 is 1.41 bits per heavy atom. The molecule has 0 spiro atoms. The zero-order valence-corrected chi connectivity index (χ0v) is 10.2. The van der Waals surface area contributed by atoms with Crippen LogP contribution in [0.4, 0.5) is 0 Å². The lowest BCUT2D eigenvalue weighted by atomic mass is 10.1. The van der Waals surface area contributed by atoms with Gasteiger partial charge >= 0.3 is 0 Å². The largest absolute Gasteiger partial charge is 0.384 e. The predicted molar refractivity (Wildman–Crippen MR) is 66.4 cm³/mol. The summed E-state index contributed by atoms with van der Waals surface area (Å²) < 4.78 is 5.19. The molecule has 2 rings (SSSR count). The summed E-state index contributed by atoms with van der Waals surface area (Å²) in [4.78, 5) is 2.45. The first kappa shape index (κ1) is 12.1. The van der Waals surface area contributed by atoms with Crippen molar-refractivity contribution in [3.05, 3.63) is 35.4 Å². The highest BCUT2D eigenvalue weighted by Crippen LogP contribution is 2.18. The fourth-order valence-corrected chi connectivity index (χ4v) is 2.37. The van der Waals surface area contributed by atoms with Crippen molar-refractivity contribution in [1.82, 2.24) is 4.90 Å². The van der Waals surface area contributed by atoms with E-state index in [0.29, 0.717) is 5.92 Å². The molecule has 1 aromatic carbocycles. The van der Waals surface area contributed by atoms with Gasteiger partial charge in [-0.3, -0.25) is 4.90 Å². The van der Waals surface area contributed by atoms with Crippen LogP contribution in [0.2, 0.25) is 0 Å². The number of hydrogen-bond donors (Lipinski definition) is 0. The number of ether oxygens (including phenoxy) is 1. The van der Waals surface area contributed by atoms with Crippen molar-refractivity contribution in [2.75, 3.05) is 26.8 Å². The highest BCUT2D eigenvalue weighted by molar-refractivity contribution is 5.31. The average Bonchev–Trinajstić information content (AvgIpc) is 2.78. The van der Waals surface area contributed by atoms with Crippen molar-refractivity contribution < 1.29 is 4.74 Å². The van der Waals surface area contributed by atoms with Crippen LogP contribution in [0.5, 0.6) is 0 Å². The van der Waals surface area contributed by atoms with E-state index in [4.69, 9.17) is 10.00 Å². The summed E-state index contributed by atoms with van der Waals surface area (Å²) in [5.41, 5.74) is 2.01. The summed E-state index contributed by atoms with van der Waals surface area (Å²) in [6.45, 7) is 4.11. The third-order valence-corrected chi connectivity index (χ3v) is 3.26. The van der Waals surface area contributed by atoms with E-state index in [0.717, 1.165) is 31.8 Å². The standard InChI is InChI=1S/C14H18N2O/c1-17-11-14-6-7-16(10-14)9-13-4-2-12(8-15)3-5-13/h2-5,14H,6-7,9-11H2,1H3. The normalized spacial score (nSPS) is 20.4. The smallest absolute Gasteiger partial charge is 0.0991 e. The van der Waals surface area contributed by atoms with E-state index in [1.165, 1.54) is 12.0 Å². The summed E-state index contributed by atoms with van der Waals surface area (Å²) in [6.07, 6.45) is 1.23. The van der Waals surface area contributed by atoms with E-state index >= 15 is 0 Å². The summed E-state index contributed by atoms with van der Waals surface area (Å²) >= 11 is 0. The second-order valence-electron chi connectivity index (χ2n) is 4.65. The monoisotopic (exact) mass is 230 g/mol. The van der Waals surface area contributed by atoms with Crippen LogP contribution in [0.1, 0.15) is 17.5 Å². The summed E-state index contributed by atoms with van der Waals surface area (Å²) in [5.74, 6) is 0.679. The van der Waals surface area contributed by atoms with Crippen LogP contribution in [-0.2, 0) is 11.3 Å². The molecule has 0 aromatic heterocycles. The third-order valence-electron chi connectivity index (χ3n) is 3.26. The van der Waals surface area contributed by atoms with E-state index in [-0.39, 0.29) is 0 Å². The van der Waals surface area contributed by atoms with Crippen LogP contribution >= 0.6 is 0 Å². The molecular formula is C14H18N2O. The molecule has 17 heavy (non-hydrogen) atoms. The van der Waals surface area contributed by atoms with E-state index in [1.807, 2.05) is 24.3 Å². The number of nitrogens with zero attached hydrogens (tertiary/aromatic N) is 2. The molecule has 1 aliphatic rings. The molecule has 90 valence electrons. The van der Waals surface area contributed by atoms with Crippen LogP contribution in [0.3, 0.4) is 0 Å². The molecule has 1 saturated heterocycles. The van der Waals surface area contributed by atoms with E-state index < -0.39 is 0 Å². The van der Waals surface area contributed by atoms with Crippen LogP contribution in [0.25, 0.3) is 0 Å². The van der Waals surface area contributed by atoms with Gasteiger partial charge in [-0.2, -0.15) is 5.26 Å². The quantitative estimate of drug-likeness (QED) is 0.794. The highest BCUT2D eigenvalue weighted by atomic mass is 16.5. The minimum absolute atomic E-state index is 0.679. The molecule has 0 N–H and O–H groups in total. The van der Waals surface area contributed by atoms with Crippen molar-refractivity contribution in [2.45, 2.75) is 13.0 Å². The molecule has 1 aromatic rings. The zero-order chi connectivity index (χ0) is 12.1. The lowest BCUT2D eigenvalue weighted by Crippen LogP contribution is -2.21. The van der Waals surface area contributed by atoms with Crippen LogP contribution in [0.15, 0.2) is 24.3 Å². The second kappa shape index (κ2) is 5.81. The molecule has 3 heteroatoms. The Balaban J connectivity index is 1.87. The van der Waals surface area contributed by atoms with E-state index in [1.54, 1.807) is 7.11 Å². The fraction of sp³-hybridized carbons (Fsp3) is 0.500. The molecule has 3 nitrogen and oxygen atoms in total. The maximum absolute atomic E-state index is 8.73. The highest BCUT2D eigenvalue weighted by Gasteiger charge is 2.21. The van der Waals surface area contributed by atoms with Gasteiger partial charge in [0.25, 0.3) is 0 Å². The topological polar surface area (TPSA) is 36.3 Å². The van der Waals surface area contributed by atoms with Gasteiger partial charge in [-0.15, -0.1) is 0 Å². The first-order valence-electron chi connectivity index (χ1n) is 6.02. The van der Waals surface area contributed by atoms with E-state index in [9.17, 15) is 0 Å². The molecule has 0 aliphatic carbocycles. The Labute approximate surface area is 103 Å². The lowest BCUT2D eigenvalue weighted by Gasteiger charge is -2.15. The third kappa shape index (κ3) is 3.29. The minimum atomic E-state index is 0.679. The molecule has 1 atom stereocenters. The average molecular weight is 230 g/mol. The number of hydrogen-bond acceptors (Lipinski definition) is 3. The number of likely N-dealkylation sites (tertiary alicyclic amines) is 1. The Kier molecular flexibility index (Phi) is 4.13. The maximum atomic E-state index is 8.73. The molecular weight excluding hydrogens is 212 g/mol. The Morgan fingerprint density at radius 2 is 2.18 bits per heavy atom. The first-order valence-corrected chi connectivity index (χ1v) is 6.02. The van der Waals surface area contributed by atoms with Gasteiger partial charge in [-0.05, 0) is 36.6 Å². The number of rotatable bonds is 4. The van der Waals surface area contributed by atoms with Gasteiger partial charge in [0.15, 0.2) is 0 Å². The van der Waals surface area contributed by atoms with Crippen molar-refractivity contribution in [3.63, 3.8) is 0 Å². The van der Waals surface area contributed by atoms with Crippen LogP contribution in [0, 0.1) is 17.2 Å². The molecule has 0 radical (unpaired) electrons. The van der Waals surface area contributed by atoms with Crippen molar-refractivity contribution in [2.24, 2.45) is 5.92 Å². The van der Waals surface area contributed by atoms with Gasteiger partial charge in [0, 0.05) is 20.2 Å². The SMILES string of the molecule is COCC1CCN(Cc2ccc(C#N)cc2)C1.